The number of alkyl carbamates (subject to hydrolysis) is 1. The van der Waals surface area contributed by atoms with Crippen LogP contribution in [0.5, 0.6) is 0 Å². The summed E-state index contributed by atoms with van der Waals surface area (Å²) in [5, 5.41) is 21.8. The number of benzene rings is 1. The van der Waals surface area contributed by atoms with Crippen LogP contribution in [0.4, 0.5) is 13.6 Å². The van der Waals surface area contributed by atoms with E-state index in [1.165, 1.54) is 0 Å². The van der Waals surface area contributed by atoms with Crippen molar-refractivity contribution in [2.24, 2.45) is 0 Å². The SMILES string of the molecule is CC(C)(C)OC(=O)NCC(O)C(O)c1c(F)cc(Br)cc1F. The van der Waals surface area contributed by atoms with Gasteiger partial charge in [0.15, 0.2) is 0 Å². The van der Waals surface area contributed by atoms with Gasteiger partial charge >= 0.3 is 6.09 Å². The molecule has 0 heterocycles. The molecule has 0 aliphatic heterocycles. The summed E-state index contributed by atoms with van der Waals surface area (Å²) in [4.78, 5) is 11.4. The summed E-state index contributed by atoms with van der Waals surface area (Å²) in [7, 11) is 0. The number of carbonyl (C=O) groups excluding carboxylic acids is 1. The van der Waals surface area contributed by atoms with Crippen molar-refractivity contribution in [3.8, 4) is 0 Å². The van der Waals surface area contributed by atoms with Gasteiger partial charge in [-0.15, -0.1) is 0 Å². The fourth-order valence-corrected chi connectivity index (χ4v) is 2.04. The third-order valence-corrected chi connectivity index (χ3v) is 3.02. The Bertz CT molecular complexity index is 525. The highest BCUT2D eigenvalue weighted by molar-refractivity contribution is 9.10. The summed E-state index contributed by atoms with van der Waals surface area (Å²) < 4.78 is 32.5. The first-order chi connectivity index (χ1) is 10.0. The van der Waals surface area contributed by atoms with Crippen LogP contribution >= 0.6 is 15.9 Å². The van der Waals surface area contributed by atoms with Crippen LogP contribution in [0, 0.1) is 11.6 Å². The molecule has 8 heteroatoms. The van der Waals surface area contributed by atoms with E-state index in [1.54, 1.807) is 20.8 Å². The Balaban J connectivity index is 2.70. The highest BCUT2D eigenvalue weighted by Crippen LogP contribution is 2.26. The number of carbonyl (C=O) groups is 1. The largest absolute Gasteiger partial charge is 0.444 e. The number of nitrogens with one attached hydrogen (secondary N) is 1. The predicted molar refractivity (Wildman–Crippen MR) is 79.3 cm³/mol. The molecule has 0 aromatic heterocycles. The maximum Gasteiger partial charge on any atom is 0.407 e. The molecule has 1 aromatic rings. The lowest BCUT2D eigenvalue weighted by molar-refractivity contribution is 0.00951. The minimum atomic E-state index is -1.83. The average molecular weight is 382 g/mol. The molecular weight excluding hydrogens is 364 g/mol. The van der Waals surface area contributed by atoms with Crippen molar-refractivity contribution in [1.29, 1.82) is 0 Å². The van der Waals surface area contributed by atoms with E-state index in [-0.39, 0.29) is 4.47 Å². The Hall–Kier alpha value is -1.25. The minimum absolute atomic E-state index is 0.166. The lowest BCUT2D eigenvalue weighted by Gasteiger charge is -2.22. The van der Waals surface area contributed by atoms with Gasteiger partial charge in [-0.3, -0.25) is 0 Å². The van der Waals surface area contributed by atoms with Crippen LogP contribution in [0.2, 0.25) is 0 Å². The number of halogens is 3. The van der Waals surface area contributed by atoms with Crippen LogP contribution < -0.4 is 5.32 Å². The molecule has 124 valence electrons. The monoisotopic (exact) mass is 381 g/mol. The summed E-state index contributed by atoms with van der Waals surface area (Å²) in [6, 6.07) is 1.94. The van der Waals surface area contributed by atoms with Crippen molar-refractivity contribution in [3.05, 3.63) is 33.8 Å². The second kappa shape index (κ2) is 7.34. The normalized spacial score (nSPS) is 14.4. The molecule has 0 saturated heterocycles. The van der Waals surface area contributed by atoms with E-state index < -0.39 is 47.6 Å². The van der Waals surface area contributed by atoms with Crippen LogP contribution in [-0.4, -0.2) is 34.6 Å². The summed E-state index contributed by atoms with van der Waals surface area (Å²) in [5.74, 6) is -2.01. The van der Waals surface area contributed by atoms with Gasteiger partial charge < -0.3 is 20.3 Å². The average Bonchev–Trinajstić information content (AvgIpc) is 2.32. The summed E-state index contributed by atoms with van der Waals surface area (Å²) in [6.07, 6.45) is -4.24. The Morgan fingerprint density at radius 2 is 1.82 bits per heavy atom. The molecule has 1 aromatic carbocycles. The summed E-state index contributed by atoms with van der Waals surface area (Å²) in [5.41, 5.74) is -1.39. The van der Waals surface area contributed by atoms with Gasteiger partial charge in [0.2, 0.25) is 0 Å². The first kappa shape index (κ1) is 18.8. The third kappa shape index (κ3) is 5.51. The molecule has 0 saturated carbocycles. The Morgan fingerprint density at radius 1 is 1.32 bits per heavy atom. The van der Waals surface area contributed by atoms with Gasteiger partial charge in [-0.05, 0) is 32.9 Å². The molecule has 0 bridgehead atoms. The smallest absolute Gasteiger partial charge is 0.407 e. The topological polar surface area (TPSA) is 78.8 Å². The highest BCUT2D eigenvalue weighted by atomic mass is 79.9. The highest BCUT2D eigenvalue weighted by Gasteiger charge is 2.26. The zero-order chi connectivity index (χ0) is 17.1. The van der Waals surface area contributed by atoms with Gasteiger partial charge in [-0.1, -0.05) is 15.9 Å². The molecule has 0 aliphatic carbocycles. The Kier molecular flexibility index (Phi) is 6.27. The number of aliphatic hydroxyl groups excluding tert-OH is 2. The van der Waals surface area contributed by atoms with E-state index in [4.69, 9.17) is 4.74 Å². The molecule has 22 heavy (non-hydrogen) atoms. The quantitative estimate of drug-likeness (QED) is 0.748. The Labute approximate surface area is 135 Å². The van der Waals surface area contributed by atoms with Crippen molar-refractivity contribution >= 4 is 22.0 Å². The molecule has 0 fully saturated rings. The predicted octanol–water partition coefficient (Wildman–Crippen LogP) is 2.65. The second-order valence-electron chi connectivity index (χ2n) is 5.68. The summed E-state index contributed by atoms with van der Waals surface area (Å²) in [6.45, 7) is 4.55. The molecular formula is C14H18BrF2NO4. The van der Waals surface area contributed by atoms with Gasteiger partial charge in [0, 0.05) is 11.0 Å². The van der Waals surface area contributed by atoms with E-state index in [0.29, 0.717) is 0 Å². The van der Waals surface area contributed by atoms with Gasteiger partial charge in [-0.25, -0.2) is 13.6 Å². The standard InChI is InChI=1S/C14H18BrF2NO4/c1-14(2,3)22-13(21)18-6-10(19)12(20)11-8(16)4-7(15)5-9(11)17/h4-5,10,12,19-20H,6H2,1-3H3,(H,18,21). The van der Waals surface area contributed by atoms with E-state index in [2.05, 4.69) is 21.2 Å². The number of aliphatic hydroxyl groups is 2. The van der Waals surface area contributed by atoms with Crippen LogP contribution in [0.15, 0.2) is 16.6 Å². The zero-order valence-electron chi connectivity index (χ0n) is 12.4. The van der Waals surface area contributed by atoms with Crippen molar-refractivity contribution in [1.82, 2.24) is 5.32 Å². The fourth-order valence-electron chi connectivity index (χ4n) is 1.64. The maximum atomic E-state index is 13.7. The lowest BCUT2D eigenvalue weighted by atomic mass is 10.0. The molecule has 0 radical (unpaired) electrons. The van der Waals surface area contributed by atoms with Crippen molar-refractivity contribution in [2.75, 3.05) is 6.54 Å². The van der Waals surface area contributed by atoms with E-state index in [1.807, 2.05) is 0 Å². The van der Waals surface area contributed by atoms with Crippen molar-refractivity contribution in [2.45, 2.75) is 38.6 Å². The van der Waals surface area contributed by atoms with E-state index in [0.717, 1.165) is 12.1 Å². The van der Waals surface area contributed by atoms with Crippen LogP contribution in [-0.2, 0) is 4.74 Å². The van der Waals surface area contributed by atoms with Gasteiger partial charge in [0.1, 0.15) is 29.4 Å². The van der Waals surface area contributed by atoms with Crippen LogP contribution in [0.3, 0.4) is 0 Å². The zero-order valence-corrected chi connectivity index (χ0v) is 13.9. The fraction of sp³-hybridized carbons (Fsp3) is 0.500. The van der Waals surface area contributed by atoms with Crippen LogP contribution in [0.1, 0.15) is 32.4 Å². The maximum absolute atomic E-state index is 13.7. The van der Waals surface area contributed by atoms with E-state index >= 15 is 0 Å². The van der Waals surface area contributed by atoms with Gasteiger partial charge in [0.25, 0.3) is 0 Å². The molecule has 1 amide bonds. The first-order valence-electron chi connectivity index (χ1n) is 6.48. The molecule has 0 aliphatic rings. The second-order valence-corrected chi connectivity index (χ2v) is 6.59. The number of hydrogen-bond acceptors (Lipinski definition) is 4. The summed E-state index contributed by atoms with van der Waals surface area (Å²) >= 11 is 2.91. The van der Waals surface area contributed by atoms with Crippen molar-refractivity contribution < 1.29 is 28.5 Å². The van der Waals surface area contributed by atoms with Crippen molar-refractivity contribution in [3.63, 3.8) is 0 Å². The number of hydrogen-bond donors (Lipinski definition) is 3. The molecule has 0 spiro atoms. The molecule has 1 rings (SSSR count). The molecule has 3 N–H and O–H groups in total. The van der Waals surface area contributed by atoms with E-state index in [9.17, 15) is 23.8 Å². The lowest BCUT2D eigenvalue weighted by Crippen LogP contribution is -2.39. The van der Waals surface area contributed by atoms with Crippen LogP contribution in [0.25, 0.3) is 0 Å². The Morgan fingerprint density at radius 3 is 2.27 bits per heavy atom. The molecule has 5 nitrogen and oxygen atoms in total. The minimum Gasteiger partial charge on any atom is -0.444 e. The molecule has 2 atom stereocenters. The number of rotatable bonds is 4. The van der Waals surface area contributed by atoms with Gasteiger partial charge in [-0.2, -0.15) is 0 Å². The molecule has 2 unspecified atom stereocenters. The number of ether oxygens (including phenoxy) is 1. The first-order valence-corrected chi connectivity index (χ1v) is 7.28. The third-order valence-electron chi connectivity index (χ3n) is 2.56. The number of amides is 1. The van der Waals surface area contributed by atoms with Gasteiger partial charge in [0.05, 0.1) is 5.56 Å².